The lowest BCUT2D eigenvalue weighted by atomic mass is 9.99. The number of nitrogens with zero attached hydrogens (tertiary/aromatic N) is 4. The van der Waals surface area contributed by atoms with Crippen LogP contribution in [0.15, 0.2) is 51.8 Å². The van der Waals surface area contributed by atoms with Gasteiger partial charge in [-0.3, -0.25) is 14.6 Å². The van der Waals surface area contributed by atoms with Crippen LogP contribution < -0.4 is 10.1 Å². The summed E-state index contributed by atoms with van der Waals surface area (Å²) in [5.41, 5.74) is 2.54. The van der Waals surface area contributed by atoms with Crippen LogP contribution in [0, 0.1) is 12.8 Å². The Labute approximate surface area is 226 Å². The Morgan fingerprint density at radius 2 is 2.03 bits per heavy atom. The van der Waals surface area contributed by atoms with Gasteiger partial charge in [-0.25, -0.2) is 9.97 Å². The van der Waals surface area contributed by atoms with E-state index in [1.54, 1.807) is 13.3 Å². The number of aromatic nitrogens is 3. The number of carbonyl (C=O) groups excluding carboxylic acids is 2. The summed E-state index contributed by atoms with van der Waals surface area (Å²) in [6.45, 7) is 3.42. The van der Waals surface area contributed by atoms with Crippen molar-refractivity contribution in [2.45, 2.75) is 45.1 Å². The van der Waals surface area contributed by atoms with Crippen LogP contribution in [0.4, 0.5) is 0 Å². The van der Waals surface area contributed by atoms with Crippen molar-refractivity contribution in [3.05, 3.63) is 60.4 Å². The van der Waals surface area contributed by atoms with E-state index in [-0.39, 0.29) is 29.5 Å². The molecule has 10 nitrogen and oxygen atoms in total. The lowest BCUT2D eigenvalue weighted by Crippen LogP contribution is -2.52. The van der Waals surface area contributed by atoms with Gasteiger partial charge < -0.3 is 23.8 Å². The van der Waals surface area contributed by atoms with Crippen molar-refractivity contribution in [1.29, 1.82) is 0 Å². The summed E-state index contributed by atoms with van der Waals surface area (Å²) in [4.78, 5) is 40.2. The Morgan fingerprint density at radius 3 is 2.77 bits per heavy atom. The largest absolute Gasteiger partial charge is 0.496 e. The molecule has 1 atom stereocenters. The number of hydrogen-bond donors (Lipinski definition) is 1. The minimum Gasteiger partial charge on any atom is -0.496 e. The number of oxazole rings is 2. The van der Waals surface area contributed by atoms with Crippen LogP contribution in [0.25, 0.3) is 22.2 Å². The Hall–Kier alpha value is -4.05. The molecule has 1 N–H and O–H groups in total. The monoisotopic (exact) mass is 531 g/mol. The number of likely N-dealkylation sites (tertiary alicyclic amines) is 1. The van der Waals surface area contributed by atoms with E-state index in [4.69, 9.17) is 13.6 Å². The first-order chi connectivity index (χ1) is 18.9. The molecule has 0 spiro atoms. The Morgan fingerprint density at radius 1 is 1.18 bits per heavy atom. The molecular formula is C29H33N5O5. The number of fused-ring (bicyclic) bond motifs is 1. The molecule has 39 heavy (non-hydrogen) atoms. The summed E-state index contributed by atoms with van der Waals surface area (Å²) in [5, 5.41) is 4.12. The molecule has 1 fully saturated rings. The lowest BCUT2D eigenvalue weighted by Gasteiger charge is -2.35. The second-order valence-electron chi connectivity index (χ2n) is 10.1. The quantitative estimate of drug-likeness (QED) is 0.204. The number of aryl methyl sites for hydroxylation is 1. The zero-order chi connectivity index (χ0) is 27.4. The standard InChI is InChI=1S/C29H33N5O5/c1-18-9-10-19-13-21(25(37-3)14-23(19)32-18)26-15-31-28(39-26)22(33-27(36)20-16-34(2)17-20)7-5-4-6-8-24(35)29-30-11-12-38-29/h9-15,20,22H,4-8,16-17H2,1-3H3,(H,33,36)/t22-/m0/s1. The van der Waals surface area contributed by atoms with Gasteiger partial charge in [-0.05, 0) is 38.9 Å². The highest BCUT2D eigenvalue weighted by atomic mass is 16.5. The summed E-state index contributed by atoms with van der Waals surface area (Å²) in [6.07, 6.45) is 7.84. The molecule has 204 valence electrons. The first kappa shape index (κ1) is 26.6. The van der Waals surface area contributed by atoms with Gasteiger partial charge in [0.25, 0.3) is 5.89 Å². The van der Waals surface area contributed by atoms with Gasteiger partial charge in [0, 0.05) is 36.7 Å². The van der Waals surface area contributed by atoms with Crippen LogP contribution in [-0.2, 0) is 4.79 Å². The van der Waals surface area contributed by atoms with Gasteiger partial charge in [0.15, 0.2) is 5.76 Å². The van der Waals surface area contributed by atoms with E-state index in [0.717, 1.165) is 48.1 Å². The lowest BCUT2D eigenvalue weighted by molar-refractivity contribution is -0.130. The molecular weight excluding hydrogens is 498 g/mol. The topological polar surface area (TPSA) is 124 Å². The number of unbranched alkanes of at least 4 members (excludes halogenated alkanes) is 2. The highest BCUT2D eigenvalue weighted by Gasteiger charge is 2.32. The average Bonchev–Trinajstić information content (AvgIpc) is 3.62. The fraction of sp³-hybridized carbons (Fsp3) is 0.414. The number of ether oxygens (including phenoxy) is 1. The van der Waals surface area contributed by atoms with Crippen molar-refractivity contribution in [1.82, 2.24) is 25.2 Å². The number of amides is 1. The summed E-state index contributed by atoms with van der Waals surface area (Å²) < 4.78 is 17.0. The molecule has 4 heterocycles. The highest BCUT2D eigenvalue weighted by Crippen LogP contribution is 2.35. The third-order valence-electron chi connectivity index (χ3n) is 7.06. The number of hydrogen-bond acceptors (Lipinski definition) is 9. The van der Waals surface area contributed by atoms with Crippen molar-refractivity contribution >= 4 is 22.6 Å². The fourth-order valence-electron chi connectivity index (χ4n) is 4.88. The smallest absolute Gasteiger partial charge is 0.263 e. The molecule has 5 rings (SSSR count). The van der Waals surface area contributed by atoms with Crippen LogP contribution in [0.1, 0.15) is 60.4 Å². The third kappa shape index (κ3) is 6.17. The molecule has 0 aliphatic carbocycles. The number of carbonyl (C=O) groups is 2. The fourth-order valence-corrected chi connectivity index (χ4v) is 4.88. The maximum atomic E-state index is 12.9. The van der Waals surface area contributed by atoms with Gasteiger partial charge >= 0.3 is 0 Å². The number of nitrogens with one attached hydrogen (secondary N) is 1. The molecule has 0 radical (unpaired) electrons. The molecule has 1 aliphatic heterocycles. The number of rotatable bonds is 12. The van der Waals surface area contributed by atoms with Gasteiger partial charge in [0.2, 0.25) is 17.6 Å². The van der Waals surface area contributed by atoms with Gasteiger partial charge in [0.05, 0.1) is 36.5 Å². The summed E-state index contributed by atoms with van der Waals surface area (Å²) >= 11 is 0. The van der Waals surface area contributed by atoms with Crippen molar-refractivity contribution in [2.24, 2.45) is 5.92 Å². The molecule has 1 aliphatic rings. The summed E-state index contributed by atoms with van der Waals surface area (Å²) in [6, 6.07) is 7.48. The molecule has 10 heteroatoms. The number of ketones is 1. The molecule has 1 amide bonds. The van der Waals surface area contributed by atoms with Crippen molar-refractivity contribution in [2.75, 3.05) is 27.2 Å². The number of Topliss-reactive ketones (excluding diaryl/α,β-unsaturated/α-hetero) is 1. The number of pyridine rings is 1. The number of methoxy groups -OCH3 is 1. The van der Waals surface area contributed by atoms with E-state index in [1.807, 2.05) is 38.2 Å². The van der Waals surface area contributed by atoms with Crippen molar-refractivity contribution in [3.63, 3.8) is 0 Å². The maximum Gasteiger partial charge on any atom is 0.263 e. The van der Waals surface area contributed by atoms with Gasteiger partial charge in [-0.1, -0.05) is 18.9 Å². The van der Waals surface area contributed by atoms with Crippen LogP contribution in [-0.4, -0.2) is 58.8 Å². The predicted molar refractivity (Wildman–Crippen MR) is 144 cm³/mol. The number of benzene rings is 1. The maximum absolute atomic E-state index is 12.9. The van der Waals surface area contributed by atoms with E-state index in [9.17, 15) is 9.59 Å². The van der Waals surface area contributed by atoms with E-state index in [1.165, 1.54) is 12.5 Å². The van der Waals surface area contributed by atoms with Gasteiger partial charge in [-0.2, -0.15) is 0 Å². The second-order valence-corrected chi connectivity index (χ2v) is 10.1. The van der Waals surface area contributed by atoms with E-state index in [0.29, 0.717) is 36.7 Å². The minimum atomic E-state index is -0.379. The molecule has 4 aromatic rings. The minimum absolute atomic E-state index is 0.00153. The zero-order valence-corrected chi connectivity index (χ0v) is 22.5. The van der Waals surface area contributed by atoms with Gasteiger partial charge in [0.1, 0.15) is 18.1 Å². The average molecular weight is 532 g/mol. The van der Waals surface area contributed by atoms with Crippen molar-refractivity contribution < 1.29 is 23.2 Å². The summed E-state index contributed by atoms with van der Waals surface area (Å²) in [7, 11) is 3.61. The van der Waals surface area contributed by atoms with E-state index in [2.05, 4.69) is 25.2 Å². The Bertz CT molecular complexity index is 1440. The van der Waals surface area contributed by atoms with E-state index < -0.39 is 0 Å². The first-order valence-corrected chi connectivity index (χ1v) is 13.2. The Balaban J connectivity index is 1.29. The Kier molecular flexibility index (Phi) is 8.02. The zero-order valence-electron chi connectivity index (χ0n) is 22.5. The van der Waals surface area contributed by atoms with Crippen LogP contribution in [0.2, 0.25) is 0 Å². The normalized spacial score (nSPS) is 14.7. The SMILES string of the molecule is COc1cc2nc(C)ccc2cc1-c1cnc([C@H](CCCCCC(=O)c2ncco2)NC(=O)C2CN(C)C2)o1. The molecule has 1 aromatic carbocycles. The highest BCUT2D eigenvalue weighted by molar-refractivity contribution is 5.91. The van der Waals surface area contributed by atoms with Crippen molar-refractivity contribution in [3.8, 4) is 17.1 Å². The van der Waals surface area contributed by atoms with Gasteiger partial charge in [-0.15, -0.1) is 0 Å². The molecule has 0 bridgehead atoms. The summed E-state index contributed by atoms with van der Waals surface area (Å²) in [5.74, 6) is 1.65. The van der Waals surface area contributed by atoms with Crippen LogP contribution >= 0.6 is 0 Å². The van der Waals surface area contributed by atoms with Crippen LogP contribution in [0.5, 0.6) is 5.75 Å². The third-order valence-corrected chi connectivity index (χ3v) is 7.06. The van der Waals surface area contributed by atoms with E-state index >= 15 is 0 Å². The molecule has 1 saturated heterocycles. The molecule has 3 aromatic heterocycles. The second kappa shape index (κ2) is 11.8. The first-order valence-electron chi connectivity index (χ1n) is 13.2. The predicted octanol–water partition coefficient (Wildman–Crippen LogP) is 4.75. The van der Waals surface area contributed by atoms with Crippen LogP contribution in [0.3, 0.4) is 0 Å². The molecule has 0 unspecified atom stereocenters. The molecule has 0 saturated carbocycles.